The third kappa shape index (κ3) is 3.06. The Kier molecular flexibility index (Phi) is 3.57. The van der Waals surface area contributed by atoms with E-state index in [2.05, 4.69) is 15.3 Å². The summed E-state index contributed by atoms with van der Waals surface area (Å²) in [7, 11) is 1.85. The van der Waals surface area contributed by atoms with E-state index >= 15 is 0 Å². The monoisotopic (exact) mass is 203 g/mol. The van der Waals surface area contributed by atoms with Gasteiger partial charge in [-0.1, -0.05) is 0 Å². The summed E-state index contributed by atoms with van der Waals surface area (Å²) in [4.78, 5) is 6.51. The summed E-state index contributed by atoms with van der Waals surface area (Å²) < 4.78 is 25.5. The highest BCUT2D eigenvalue weighted by Gasteiger charge is 2.26. The van der Waals surface area contributed by atoms with Crippen LogP contribution in [0.1, 0.15) is 24.9 Å². The molecule has 0 unspecified atom stereocenters. The van der Waals surface area contributed by atoms with Crippen molar-refractivity contribution in [2.75, 3.05) is 13.6 Å². The molecule has 2 N–H and O–H groups in total. The van der Waals surface area contributed by atoms with Gasteiger partial charge in [0, 0.05) is 13.3 Å². The van der Waals surface area contributed by atoms with E-state index in [1.807, 2.05) is 7.05 Å². The molecule has 80 valence electrons. The molecule has 0 aromatic carbocycles. The number of imidazole rings is 1. The molecule has 0 saturated heterocycles. The van der Waals surface area contributed by atoms with Gasteiger partial charge in [0.1, 0.15) is 11.5 Å². The Bertz CT molecular complexity index is 278. The van der Waals surface area contributed by atoms with Crippen LogP contribution in [0.3, 0.4) is 0 Å². The summed E-state index contributed by atoms with van der Waals surface area (Å²) >= 11 is 0. The fourth-order valence-corrected chi connectivity index (χ4v) is 1.15. The van der Waals surface area contributed by atoms with Crippen LogP contribution in [0.4, 0.5) is 8.78 Å². The van der Waals surface area contributed by atoms with E-state index in [0.29, 0.717) is 12.2 Å². The first-order valence-corrected chi connectivity index (χ1v) is 4.61. The topological polar surface area (TPSA) is 40.7 Å². The Hall–Kier alpha value is -0.970. The van der Waals surface area contributed by atoms with Gasteiger partial charge in [0.05, 0.1) is 6.20 Å². The minimum atomic E-state index is -2.83. The van der Waals surface area contributed by atoms with Gasteiger partial charge in [-0.2, -0.15) is 8.78 Å². The number of halogens is 2. The van der Waals surface area contributed by atoms with Crippen LogP contribution in [0.2, 0.25) is 0 Å². The second-order valence-electron chi connectivity index (χ2n) is 3.34. The van der Waals surface area contributed by atoms with Crippen LogP contribution in [-0.2, 0) is 12.3 Å². The number of aromatic nitrogens is 2. The van der Waals surface area contributed by atoms with Gasteiger partial charge in [-0.25, -0.2) is 4.98 Å². The normalized spacial score (nSPS) is 12.0. The van der Waals surface area contributed by atoms with Crippen molar-refractivity contribution in [2.45, 2.75) is 25.7 Å². The molecular weight excluding hydrogens is 188 g/mol. The van der Waals surface area contributed by atoms with Gasteiger partial charge in [0.15, 0.2) is 0 Å². The lowest BCUT2D eigenvalue weighted by molar-refractivity contribution is 0.0131. The SMILES string of the molecule is CNCCCc1ncc(C(C)(F)F)[nH]1. The Morgan fingerprint density at radius 1 is 1.57 bits per heavy atom. The highest BCUT2D eigenvalue weighted by Crippen LogP contribution is 2.24. The van der Waals surface area contributed by atoms with E-state index < -0.39 is 5.92 Å². The standard InChI is InChI=1S/C9H15F2N3/c1-9(10,11)7-6-13-8(14-7)4-3-5-12-2/h6,12H,3-5H2,1-2H3,(H,13,14). The quantitative estimate of drug-likeness (QED) is 0.715. The molecule has 0 saturated carbocycles. The van der Waals surface area contributed by atoms with E-state index in [4.69, 9.17) is 0 Å². The van der Waals surface area contributed by atoms with Crippen molar-refractivity contribution in [3.63, 3.8) is 0 Å². The molecule has 3 nitrogen and oxygen atoms in total. The molecule has 0 spiro atoms. The van der Waals surface area contributed by atoms with E-state index in [1.54, 1.807) is 0 Å². The molecular formula is C9H15F2N3. The van der Waals surface area contributed by atoms with Crippen molar-refractivity contribution in [3.05, 3.63) is 17.7 Å². The Morgan fingerprint density at radius 2 is 2.29 bits per heavy atom. The molecule has 0 bridgehead atoms. The Balaban J connectivity index is 2.51. The summed E-state index contributed by atoms with van der Waals surface area (Å²) in [6.45, 7) is 1.72. The molecule has 1 rings (SSSR count). The Labute approximate surface area is 81.9 Å². The van der Waals surface area contributed by atoms with Gasteiger partial charge in [0.25, 0.3) is 5.92 Å². The fraction of sp³-hybridized carbons (Fsp3) is 0.667. The first kappa shape index (κ1) is 11.1. The number of aryl methyl sites for hydroxylation is 1. The number of nitrogens with one attached hydrogen (secondary N) is 2. The first-order valence-electron chi connectivity index (χ1n) is 4.61. The van der Waals surface area contributed by atoms with Crippen molar-refractivity contribution in [3.8, 4) is 0 Å². The van der Waals surface area contributed by atoms with Crippen molar-refractivity contribution in [1.29, 1.82) is 0 Å². The van der Waals surface area contributed by atoms with Crippen molar-refractivity contribution < 1.29 is 8.78 Å². The minimum Gasteiger partial charge on any atom is -0.341 e. The maximum absolute atomic E-state index is 12.8. The largest absolute Gasteiger partial charge is 0.341 e. The molecule has 0 aliphatic rings. The molecule has 0 radical (unpaired) electrons. The van der Waals surface area contributed by atoms with E-state index in [9.17, 15) is 8.78 Å². The van der Waals surface area contributed by atoms with Crippen LogP contribution >= 0.6 is 0 Å². The molecule has 0 amide bonds. The van der Waals surface area contributed by atoms with E-state index in [1.165, 1.54) is 6.20 Å². The van der Waals surface area contributed by atoms with Crippen LogP contribution in [0.5, 0.6) is 0 Å². The summed E-state index contributed by atoms with van der Waals surface area (Å²) in [6.07, 6.45) is 2.78. The summed E-state index contributed by atoms with van der Waals surface area (Å²) in [6, 6.07) is 0. The molecule has 0 fully saturated rings. The van der Waals surface area contributed by atoms with Crippen molar-refractivity contribution >= 4 is 0 Å². The zero-order chi connectivity index (χ0) is 10.6. The number of rotatable bonds is 5. The predicted molar refractivity (Wildman–Crippen MR) is 50.4 cm³/mol. The van der Waals surface area contributed by atoms with E-state index in [-0.39, 0.29) is 5.69 Å². The molecule has 1 heterocycles. The smallest absolute Gasteiger partial charge is 0.286 e. The highest BCUT2D eigenvalue weighted by molar-refractivity contribution is 5.06. The molecule has 14 heavy (non-hydrogen) atoms. The molecule has 0 aliphatic carbocycles. The number of hydrogen-bond acceptors (Lipinski definition) is 2. The maximum atomic E-state index is 12.8. The predicted octanol–water partition coefficient (Wildman–Crippen LogP) is 1.67. The molecule has 5 heteroatoms. The maximum Gasteiger partial charge on any atom is 0.286 e. The number of aromatic amines is 1. The lowest BCUT2D eigenvalue weighted by Gasteiger charge is -2.05. The third-order valence-electron chi connectivity index (χ3n) is 1.94. The average molecular weight is 203 g/mol. The lowest BCUT2D eigenvalue weighted by Crippen LogP contribution is -2.09. The van der Waals surface area contributed by atoms with Crippen LogP contribution in [0.15, 0.2) is 6.20 Å². The van der Waals surface area contributed by atoms with Gasteiger partial charge in [-0.15, -0.1) is 0 Å². The fourth-order valence-electron chi connectivity index (χ4n) is 1.15. The molecule has 0 aliphatic heterocycles. The second kappa shape index (κ2) is 4.50. The lowest BCUT2D eigenvalue weighted by atomic mass is 10.3. The minimum absolute atomic E-state index is 0.114. The molecule has 0 atom stereocenters. The molecule has 1 aromatic rings. The summed E-state index contributed by atoms with van der Waals surface area (Å²) in [5, 5.41) is 2.99. The van der Waals surface area contributed by atoms with Gasteiger partial charge in [-0.05, 0) is 20.0 Å². The Morgan fingerprint density at radius 3 is 2.79 bits per heavy atom. The van der Waals surface area contributed by atoms with Gasteiger partial charge < -0.3 is 10.3 Å². The van der Waals surface area contributed by atoms with Crippen molar-refractivity contribution in [2.24, 2.45) is 0 Å². The number of H-pyrrole nitrogens is 1. The van der Waals surface area contributed by atoms with Crippen LogP contribution < -0.4 is 5.32 Å². The van der Waals surface area contributed by atoms with Crippen LogP contribution in [0, 0.1) is 0 Å². The van der Waals surface area contributed by atoms with Gasteiger partial charge in [-0.3, -0.25) is 0 Å². The van der Waals surface area contributed by atoms with Gasteiger partial charge in [0.2, 0.25) is 0 Å². The number of alkyl halides is 2. The van der Waals surface area contributed by atoms with Crippen LogP contribution in [-0.4, -0.2) is 23.6 Å². The first-order chi connectivity index (χ1) is 6.54. The highest BCUT2D eigenvalue weighted by atomic mass is 19.3. The zero-order valence-electron chi connectivity index (χ0n) is 8.40. The van der Waals surface area contributed by atoms with Gasteiger partial charge >= 0.3 is 0 Å². The van der Waals surface area contributed by atoms with Crippen molar-refractivity contribution in [1.82, 2.24) is 15.3 Å². The molecule has 1 aromatic heterocycles. The second-order valence-corrected chi connectivity index (χ2v) is 3.34. The third-order valence-corrected chi connectivity index (χ3v) is 1.94. The summed E-state index contributed by atoms with van der Waals surface area (Å²) in [5.41, 5.74) is -0.114. The summed E-state index contributed by atoms with van der Waals surface area (Å²) in [5.74, 6) is -2.20. The van der Waals surface area contributed by atoms with Crippen LogP contribution in [0.25, 0.3) is 0 Å². The zero-order valence-corrected chi connectivity index (χ0v) is 8.40. The average Bonchev–Trinajstić information content (AvgIpc) is 2.52. The number of hydrogen-bond donors (Lipinski definition) is 2. The van der Waals surface area contributed by atoms with E-state index in [0.717, 1.165) is 19.9 Å². The number of nitrogens with zero attached hydrogens (tertiary/aromatic N) is 1.